The van der Waals surface area contributed by atoms with E-state index in [2.05, 4.69) is 13.8 Å². The van der Waals surface area contributed by atoms with Crippen molar-refractivity contribution < 1.29 is 24.2 Å². The van der Waals surface area contributed by atoms with Crippen LogP contribution in [-0.4, -0.2) is 41.0 Å². The number of amides is 1. The summed E-state index contributed by atoms with van der Waals surface area (Å²) < 4.78 is 11.6. The second-order valence-electron chi connectivity index (χ2n) is 9.52. The first-order valence-corrected chi connectivity index (χ1v) is 13.2. The first-order valence-electron chi connectivity index (χ1n) is 13.2. The molecule has 0 aliphatic carbocycles. The van der Waals surface area contributed by atoms with Crippen molar-refractivity contribution in [3.05, 3.63) is 65.2 Å². The Morgan fingerprint density at radius 2 is 1.64 bits per heavy atom. The number of ketones is 1. The SMILES string of the molecule is CCCCCOc1ccc(/C(O)=C2/C(=O)C(=O)N(CCCCC)C2c2cccc(OC(C)C)c2)cc1. The monoisotopic (exact) mass is 493 g/mol. The Hall–Kier alpha value is -3.28. The highest BCUT2D eigenvalue weighted by Crippen LogP contribution is 2.40. The Morgan fingerprint density at radius 3 is 2.31 bits per heavy atom. The summed E-state index contributed by atoms with van der Waals surface area (Å²) in [7, 11) is 0. The molecular formula is C30H39NO5. The Kier molecular flexibility index (Phi) is 9.97. The van der Waals surface area contributed by atoms with Gasteiger partial charge in [0, 0.05) is 12.1 Å². The summed E-state index contributed by atoms with van der Waals surface area (Å²) in [5.74, 6) is -0.0548. The number of aliphatic hydroxyl groups is 1. The molecule has 194 valence electrons. The molecule has 1 heterocycles. The molecule has 1 amide bonds. The van der Waals surface area contributed by atoms with E-state index in [1.54, 1.807) is 29.2 Å². The lowest BCUT2D eigenvalue weighted by molar-refractivity contribution is -0.139. The van der Waals surface area contributed by atoms with Gasteiger partial charge in [0.2, 0.25) is 0 Å². The van der Waals surface area contributed by atoms with Gasteiger partial charge < -0.3 is 19.5 Å². The zero-order valence-electron chi connectivity index (χ0n) is 22.0. The van der Waals surface area contributed by atoms with E-state index in [0.717, 1.165) is 44.1 Å². The summed E-state index contributed by atoms with van der Waals surface area (Å²) in [5.41, 5.74) is 1.32. The van der Waals surface area contributed by atoms with Crippen LogP contribution >= 0.6 is 0 Å². The number of likely N-dealkylation sites (tertiary alicyclic amines) is 1. The Bertz CT molecular complexity index is 1060. The smallest absolute Gasteiger partial charge is 0.295 e. The van der Waals surface area contributed by atoms with Crippen molar-refractivity contribution in [1.82, 2.24) is 4.90 Å². The van der Waals surface area contributed by atoms with Crippen molar-refractivity contribution in [3.8, 4) is 11.5 Å². The summed E-state index contributed by atoms with van der Waals surface area (Å²) >= 11 is 0. The molecule has 1 atom stereocenters. The highest BCUT2D eigenvalue weighted by Gasteiger charge is 2.45. The van der Waals surface area contributed by atoms with Gasteiger partial charge in [-0.25, -0.2) is 0 Å². The fourth-order valence-corrected chi connectivity index (χ4v) is 4.43. The fraction of sp³-hybridized carbons (Fsp3) is 0.467. The van der Waals surface area contributed by atoms with Crippen LogP contribution in [0.1, 0.15) is 83.4 Å². The van der Waals surface area contributed by atoms with Crippen LogP contribution in [0.5, 0.6) is 11.5 Å². The van der Waals surface area contributed by atoms with Crippen LogP contribution in [0.2, 0.25) is 0 Å². The third kappa shape index (κ3) is 6.68. The summed E-state index contributed by atoms with van der Waals surface area (Å²) in [4.78, 5) is 27.9. The third-order valence-electron chi connectivity index (χ3n) is 6.23. The molecule has 36 heavy (non-hydrogen) atoms. The highest BCUT2D eigenvalue weighted by atomic mass is 16.5. The van der Waals surface area contributed by atoms with Gasteiger partial charge in [0.15, 0.2) is 0 Å². The molecule has 3 rings (SSSR count). The minimum absolute atomic E-state index is 0.0149. The quantitative estimate of drug-likeness (QED) is 0.146. The van der Waals surface area contributed by atoms with E-state index < -0.39 is 17.7 Å². The number of benzene rings is 2. The van der Waals surface area contributed by atoms with E-state index in [1.165, 1.54) is 0 Å². The standard InChI is InChI=1S/C30H39NO5/c1-5-7-9-18-31-27(23-12-11-13-25(20-23)36-21(3)4)26(29(33)30(31)34)28(32)22-14-16-24(17-15-22)35-19-10-8-6-2/h11-17,20-21,27,32H,5-10,18-19H2,1-4H3/b28-26-. The zero-order chi connectivity index (χ0) is 26.1. The van der Waals surface area contributed by atoms with Gasteiger partial charge in [0.05, 0.1) is 24.3 Å². The number of nitrogens with zero attached hydrogens (tertiary/aromatic N) is 1. The van der Waals surface area contributed by atoms with Crippen LogP contribution in [0.25, 0.3) is 5.76 Å². The topological polar surface area (TPSA) is 76.1 Å². The van der Waals surface area contributed by atoms with E-state index in [-0.39, 0.29) is 17.4 Å². The molecular weight excluding hydrogens is 454 g/mol. The molecule has 1 aliphatic rings. The lowest BCUT2D eigenvalue weighted by Gasteiger charge is -2.26. The van der Waals surface area contributed by atoms with Crippen LogP contribution in [0.4, 0.5) is 0 Å². The number of hydrogen-bond donors (Lipinski definition) is 1. The third-order valence-corrected chi connectivity index (χ3v) is 6.23. The molecule has 2 aromatic carbocycles. The number of carbonyl (C=O) groups excluding carboxylic acids is 2. The lowest BCUT2D eigenvalue weighted by Crippen LogP contribution is -2.30. The molecule has 0 spiro atoms. The molecule has 1 aliphatic heterocycles. The number of Topliss-reactive ketones (excluding diaryl/α,β-unsaturated/α-hetero) is 1. The van der Waals surface area contributed by atoms with Gasteiger partial charge in [-0.3, -0.25) is 9.59 Å². The normalized spacial score (nSPS) is 17.1. The Labute approximate surface area is 214 Å². The highest BCUT2D eigenvalue weighted by molar-refractivity contribution is 6.46. The number of ether oxygens (including phenoxy) is 2. The van der Waals surface area contributed by atoms with Crippen molar-refractivity contribution in [2.45, 2.75) is 78.4 Å². The van der Waals surface area contributed by atoms with E-state index in [0.29, 0.717) is 30.2 Å². The van der Waals surface area contributed by atoms with Crippen molar-refractivity contribution in [1.29, 1.82) is 0 Å². The van der Waals surface area contributed by atoms with Crippen LogP contribution < -0.4 is 9.47 Å². The van der Waals surface area contributed by atoms with Gasteiger partial charge in [-0.1, -0.05) is 51.7 Å². The summed E-state index contributed by atoms with van der Waals surface area (Å²) in [5, 5.41) is 11.3. The largest absolute Gasteiger partial charge is 0.507 e. The van der Waals surface area contributed by atoms with Gasteiger partial charge in [-0.15, -0.1) is 0 Å². The van der Waals surface area contributed by atoms with E-state index in [4.69, 9.17) is 9.47 Å². The molecule has 6 nitrogen and oxygen atoms in total. The van der Waals surface area contributed by atoms with E-state index >= 15 is 0 Å². The van der Waals surface area contributed by atoms with Gasteiger partial charge in [-0.05, 0) is 68.7 Å². The maximum atomic E-state index is 13.2. The molecule has 0 aromatic heterocycles. The number of rotatable bonds is 13. The van der Waals surface area contributed by atoms with Gasteiger partial charge in [0.1, 0.15) is 17.3 Å². The average molecular weight is 494 g/mol. The molecule has 1 fully saturated rings. The maximum Gasteiger partial charge on any atom is 0.295 e. The van der Waals surface area contributed by atoms with Gasteiger partial charge >= 0.3 is 0 Å². The number of hydrogen-bond acceptors (Lipinski definition) is 5. The van der Waals surface area contributed by atoms with E-state index in [1.807, 2.05) is 38.1 Å². The fourth-order valence-electron chi connectivity index (χ4n) is 4.43. The second kappa shape index (κ2) is 13.1. The van der Waals surface area contributed by atoms with Crippen LogP contribution in [0.3, 0.4) is 0 Å². The maximum absolute atomic E-state index is 13.2. The summed E-state index contributed by atoms with van der Waals surface area (Å²) in [6.07, 6.45) is 5.94. The molecule has 0 radical (unpaired) electrons. The molecule has 1 N–H and O–H groups in total. The van der Waals surface area contributed by atoms with Crippen molar-refractivity contribution >= 4 is 17.4 Å². The predicted octanol–water partition coefficient (Wildman–Crippen LogP) is 6.65. The van der Waals surface area contributed by atoms with Gasteiger partial charge in [0.25, 0.3) is 11.7 Å². The Morgan fingerprint density at radius 1 is 0.944 bits per heavy atom. The van der Waals surface area contributed by atoms with Crippen molar-refractivity contribution in [2.75, 3.05) is 13.2 Å². The van der Waals surface area contributed by atoms with Gasteiger partial charge in [-0.2, -0.15) is 0 Å². The van der Waals surface area contributed by atoms with Crippen LogP contribution in [0, 0.1) is 0 Å². The minimum Gasteiger partial charge on any atom is -0.507 e. The summed E-state index contributed by atoms with van der Waals surface area (Å²) in [6.45, 7) is 9.21. The van der Waals surface area contributed by atoms with Crippen molar-refractivity contribution in [3.63, 3.8) is 0 Å². The molecule has 6 heteroatoms. The first-order chi connectivity index (χ1) is 17.4. The first kappa shape index (κ1) is 27.3. The minimum atomic E-state index is -0.678. The molecule has 1 unspecified atom stereocenters. The zero-order valence-corrected chi connectivity index (χ0v) is 22.0. The molecule has 1 saturated heterocycles. The van der Waals surface area contributed by atoms with Crippen LogP contribution in [-0.2, 0) is 9.59 Å². The average Bonchev–Trinajstić information content (AvgIpc) is 3.11. The lowest BCUT2D eigenvalue weighted by atomic mass is 9.95. The number of carbonyl (C=O) groups is 2. The molecule has 0 bridgehead atoms. The van der Waals surface area contributed by atoms with E-state index in [9.17, 15) is 14.7 Å². The number of aliphatic hydroxyl groups excluding tert-OH is 1. The van der Waals surface area contributed by atoms with Crippen molar-refractivity contribution in [2.24, 2.45) is 0 Å². The Balaban J connectivity index is 1.97. The number of unbranched alkanes of at least 4 members (excludes halogenated alkanes) is 4. The summed E-state index contributed by atoms with van der Waals surface area (Å²) in [6, 6.07) is 13.8. The second-order valence-corrected chi connectivity index (χ2v) is 9.52. The molecule has 2 aromatic rings. The van der Waals surface area contributed by atoms with Crippen LogP contribution in [0.15, 0.2) is 54.1 Å². The molecule has 0 saturated carbocycles. The predicted molar refractivity (Wildman–Crippen MR) is 142 cm³/mol.